The number of rotatable bonds is 9. The van der Waals surface area contributed by atoms with E-state index in [1.807, 2.05) is 30.3 Å². The molecule has 1 heterocycles. The average molecular weight is 480 g/mol. The monoisotopic (exact) mass is 479 g/mol. The zero-order valence-corrected chi connectivity index (χ0v) is 20.4. The van der Waals surface area contributed by atoms with Crippen molar-refractivity contribution in [3.63, 3.8) is 0 Å². The van der Waals surface area contributed by atoms with Crippen LogP contribution in [0.2, 0.25) is 0 Å². The SMILES string of the molecule is COc1cc(OC)nc(Oc2ccccc2C(=O)NC(Cc2ccccc2)C(=O)OC(C)(C)C)n1. The van der Waals surface area contributed by atoms with E-state index in [0.717, 1.165) is 5.56 Å². The maximum atomic E-state index is 13.3. The van der Waals surface area contributed by atoms with Crippen molar-refractivity contribution in [3.05, 3.63) is 71.8 Å². The van der Waals surface area contributed by atoms with Crippen LogP contribution in [0.1, 0.15) is 36.7 Å². The number of ether oxygens (including phenoxy) is 4. The number of para-hydroxylation sites is 1. The maximum absolute atomic E-state index is 13.3. The summed E-state index contributed by atoms with van der Waals surface area (Å²) in [7, 11) is 2.91. The van der Waals surface area contributed by atoms with Crippen LogP contribution >= 0.6 is 0 Å². The number of carbonyl (C=O) groups excluding carboxylic acids is 2. The number of carbonyl (C=O) groups is 2. The first-order chi connectivity index (χ1) is 16.7. The van der Waals surface area contributed by atoms with Crippen LogP contribution in [0.15, 0.2) is 60.7 Å². The number of nitrogens with zero attached hydrogens (tertiary/aromatic N) is 2. The molecule has 1 amide bonds. The van der Waals surface area contributed by atoms with Gasteiger partial charge < -0.3 is 24.3 Å². The molecule has 0 fully saturated rings. The lowest BCUT2D eigenvalue weighted by molar-refractivity contribution is -0.157. The Kier molecular flexibility index (Phi) is 8.25. The minimum Gasteiger partial charge on any atom is -0.481 e. The molecule has 0 aliphatic heterocycles. The lowest BCUT2D eigenvalue weighted by Crippen LogP contribution is -2.45. The molecule has 2 aromatic carbocycles. The maximum Gasteiger partial charge on any atom is 0.329 e. The van der Waals surface area contributed by atoms with Gasteiger partial charge in [-0.05, 0) is 38.5 Å². The van der Waals surface area contributed by atoms with E-state index in [9.17, 15) is 9.59 Å². The number of esters is 1. The Morgan fingerprint density at radius 2 is 1.51 bits per heavy atom. The Balaban J connectivity index is 1.86. The van der Waals surface area contributed by atoms with Gasteiger partial charge in [0.2, 0.25) is 11.8 Å². The fourth-order valence-electron chi connectivity index (χ4n) is 3.13. The molecular formula is C26H29N3O6. The van der Waals surface area contributed by atoms with Crippen LogP contribution in [-0.4, -0.2) is 47.7 Å². The Morgan fingerprint density at radius 1 is 0.914 bits per heavy atom. The largest absolute Gasteiger partial charge is 0.481 e. The second-order valence-corrected chi connectivity index (χ2v) is 8.58. The van der Waals surface area contributed by atoms with Crippen molar-refractivity contribution < 1.29 is 28.5 Å². The summed E-state index contributed by atoms with van der Waals surface area (Å²) in [5.74, 6) is -0.373. The fourth-order valence-corrected chi connectivity index (χ4v) is 3.13. The molecule has 0 spiro atoms. The molecule has 0 saturated carbocycles. The topological polar surface area (TPSA) is 109 Å². The predicted molar refractivity (Wildman–Crippen MR) is 129 cm³/mol. The van der Waals surface area contributed by atoms with Crippen molar-refractivity contribution in [3.8, 4) is 23.5 Å². The van der Waals surface area contributed by atoms with Gasteiger partial charge in [-0.15, -0.1) is 0 Å². The third kappa shape index (κ3) is 7.43. The first-order valence-electron chi connectivity index (χ1n) is 11.0. The minimum atomic E-state index is -0.912. The van der Waals surface area contributed by atoms with E-state index in [1.165, 1.54) is 20.3 Å². The van der Waals surface area contributed by atoms with E-state index in [4.69, 9.17) is 18.9 Å². The van der Waals surface area contributed by atoms with Crippen LogP contribution in [0.25, 0.3) is 0 Å². The number of nitrogens with one attached hydrogen (secondary N) is 1. The quantitative estimate of drug-likeness (QED) is 0.459. The highest BCUT2D eigenvalue weighted by Crippen LogP contribution is 2.26. The van der Waals surface area contributed by atoms with Crippen LogP contribution in [-0.2, 0) is 16.0 Å². The Hall–Kier alpha value is -4.14. The summed E-state index contributed by atoms with van der Waals surface area (Å²) in [5.41, 5.74) is 0.366. The van der Waals surface area contributed by atoms with Crippen molar-refractivity contribution in [1.29, 1.82) is 0 Å². The molecule has 9 nitrogen and oxygen atoms in total. The lowest BCUT2D eigenvalue weighted by atomic mass is 10.0. The number of methoxy groups -OCH3 is 2. The van der Waals surface area contributed by atoms with Crippen molar-refractivity contribution >= 4 is 11.9 Å². The third-order valence-corrected chi connectivity index (χ3v) is 4.69. The molecule has 3 aromatic rings. The molecule has 9 heteroatoms. The van der Waals surface area contributed by atoms with Gasteiger partial charge in [0.25, 0.3) is 5.91 Å². The van der Waals surface area contributed by atoms with Gasteiger partial charge >= 0.3 is 12.0 Å². The molecule has 0 aliphatic rings. The highest BCUT2D eigenvalue weighted by atomic mass is 16.6. The summed E-state index contributed by atoms with van der Waals surface area (Å²) in [6.45, 7) is 5.33. The van der Waals surface area contributed by atoms with E-state index < -0.39 is 23.5 Å². The number of benzene rings is 2. The van der Waals surface area contributed by atoms with E-state index in [2.05, 4.69) is 15.3 Å². The molecule has 3 rings (SSSR count). The van der Waals surface area contributed by atoms with Gasteiger partial charge in [-0.1, -0.05) is 42.5 Å². The summed E-state index contributed by atoms with van der Waals surface area (Å²) in [4.78, 5) is 34.5. The standard InChI is InChI=1S/C26H29N3O6/c1-26(2,3)35-24(31)19(15-17-11-7-6-8-12-17)27-23(30)18-13-9-10-14-20(18)34-25-28-21(32-4)16-22(29-25)33-5/h6-14,16,19H,15H2,1-5H3,(H,27,30). The van der Waals surface area contributed by atoms with Gasteiger partial charge in [0.1, 0.15) is 17.4 Å². The number of hydrogen-bond donors (Lipinski definition) is 1. The van der Waals surface area contributed by atoms with Crippen LogP contribution in [0, 0.1) is 0 Å². The van der Waals surface area contributed by atoms with Crippen molar-refractivity contribution in [2.24, 2.45) is 0 Å². The highest BCUT2D eigenvalue weighted by molar-refractivity contribution is 5.99. The predicted octanol–water partition coefficient (Wildman–Crippen LogP) is 3.97. The Labute approximate surface area is 204 Å². The van der Waals surface area contributed by atoms with Gasteiger partial charge in [0.15, 0.2) is 0 Å². The molecule has 0 aliphatic carbocycles. The summed E-state index contributed by atoms with van der Waals surface area (Å²) in [6, 6.07) is 16.5. The second-order valence-electron chi connectivity index (χ2n) is 8.58. The summed E-state index contributed by atoms with van der Waals surface area (Å²) >= 11 is 0. The molecule has 0 bridgehead atoms. The van der Waals surface area contributed by atoms with Gasteiger partial charge in [-0.3, -0.25) is 4.79 Å². The number of amides is 1. The molecule has 0 saturated heterocycles. The Morgan fingerprint density at radius 3 is 2.11 bits per heavy atom. The first-order valence-corrected chi connectivity index (χ1v) is 11.0. The highest BCUT2D eigenvalue weighted by Gasteiger charge is 2.28. The summed E-state index contributed by atoms with van der Waals surface area (Å²) < 4.78 is 21.6. The molecule has 0 radical (unpaired) electrons. The zero-order valence-electron chi connectivity index (χ0n) is 20.4. The van der Waals surface area contributed by atoms with Gasteiger partial charge in [0, 0.05) is 6.42 Å². The molecule has 35 heavy (non-hydrogen) atoms. The van der Waals surface area contributed by atoms with E-state index in [1.54, 1.807) is 45.0 Å². The van der Waals surface area contributed by atoms with Gasteiger partial charge in [0.05, 0.1) is 25.8 Å². The average Bonchev–Trinajstić information content (AvgIpc) is 2.83. The van der Waals surface area contributed by atoms with Gasteiger partial charge in [-0.25, -0.2) is 4.79 Å². The third-order valence-electron chi connectivity index (χ3n) is 4.69. The smallest absolute Gasteiger partial charge is 0.329 e. The van der Waals surface area contributed by atoms with E-state index in [-0.39, 0.29) is 35.5 Å². The first kappa shape index (κ1) is 25.5. The summed E-state index contributed by atoms with van der Waals surface area (Å²) in [5, 5.41) is 2.79. The minimum absolute atomic E-state index is 0.0607. The van der Waals surface area contributed by atoms with Crippen molar-refractivity contribution in [2.45, 2.75) is 38.8 Å². The van der Waals surface area contributed by atoms with Gasteiger partial charge in [-0.2, -0.15) is 9.97 Å². The lowest BCUT2D eigenvalue weighted by Gasteiger charge is -2.25. The van der Waals surface area contributed by atoms with E-state index in [0.29, 0.717) is 0 Å². The Bertz CT molecular complexity index is 1140. The normalized spacial score (nSPS) is 11.8. The van der Waals surface area contributed by atoms with Crippen LogP contribution in [0.4, 0.5) is 0 Å². The summed E-state index contributed by atoms with van der Waals surface area (Å²) in [6.07, 6.45) is 0.265. The molecule has 1 unspecified atom stereocenters. The molecule has 1 aromatic heterocycles. The van der Waals surface area contributed by atoms with Crippen LogP contribution in [0.3, 0.4) is 0 Å². The van der Waals surface area contributed by atoms with Crippen LogP contribution < -0.4 is 19.5 Å². The zero-order chi connectivity index (χ0) is 25.4. The molecular weight excluding hydrogens is 450 g/mol. The van der Waals surface area contributed by atoms with Crippen molar-refractivity contribution in [2.75, 3.05) is 14.2 Å². The number of aromatic nitrogens is 2. The molecule has 1 N–H and O–H groups in total. The van der Waals surface area contributed by atoms with E-state index >= 15 is 0 Å². The second kappa shape index (κ2) is 11.3. The van der Waals surface area contributed by atoms with Crippen LogP contribution in [0.5, 0.6) is 23.5 Å². The number of hydrogen-bond acceptors (Lipinski definition) is 8. The molecule has 184 valence electrons. The molecule has 1 atom stereocenters. The fraction of sp³-hybridized carbons (Fsp3) is 0.308. The van der Waals surface area contributed by atoms with Crippen molar-refractivity contribution in [1.82, 2.24) is 15.3 Å².